The lowest BCUT2D eigenvalue weighted by Gasteiger charge is -2.31. The van der Waals surface area contributed by atoms with E-state index in [1.807, 2.05) is 11.3 Å². The van der Waals surface area contributed by atoms with Gasteiger partial charge in [0.1, 0.15) is 5.00 Å². The normalized spacial score (nSPS) is 17.7. The number of nitrogens with one attached hydrogen (secondary N) is 1. The van der Waals surface area contributed by atoms with E-state index in [1.54, 1.807) is 0 Å². The lowest BCUT2D eigenvalue weighted by atomic mass is 9.95. The Morgan fingerprint density at radius 2 is 1.93 bits per heavy atom. The molecule has 30 heavy (non-hydrogen) atoms. The van der Waals surface area contributed by atoms with E-state index in [-0.39, 0.29) is 12.1 Å². The molecule has 4 nitrogen and oxygen atoms in total. The van der Waals surface area contributed by atoms with Gasteiger partial charge in [0.05, 0.1) is 18.3 Å². The average Bonchev–Trinajstić information content (AvgIpc) is 3.35. The number of fused-ring (bicyclic) bond motifs is 5. The average molecular weight is 420 g/mol. The summed E-state index contributed by atoms with van der Waals surface area (Å²) in [6.07, 6.45) is 7.94. The van der Waals surface area contributed by atoms with E-state index in [4.69, 9.17) is 0 Å². The number of amides is 2. The number of carbonyl (C=O) groups is 1. The van der Waals surface area contributed by atoms with E-state index in [0.29, 0.717) is 13.1 Å². The minimum atomic E-state index is -0.101. The summed E-state index contributed by atoms with van der Waals surface area (Å²) in [4.78, 5) is 17.0. The van der Waals surface area contributed by atoms with Crippen molar-refractivity contribution in [3.05, 3.63) is 75.4 Å². The third-order valence-corrected chi connectivity index (χ3v) is 7.69. The van der Waals surface area contributed by atoms with Gasteiger partial charge in [-0.2, -0.15) is 0 Å². The molecule has 0 saturated carbocycles. The topological polar surface area (TPSA) is 37.3 Å². The summed E-state index contributed by atoms with van der Waals surface area (Å²) < 4.78 is 2.34. The van der Waals surface area contributed by atoms with Crippen molar-refractivity contribution in [3.8, 4) is 5.00 Å². The van der Waals surface area contributed by atoms with Gasteiger partial charge in [0.25, 0.3) is 0 Å². The summed E-state index contributed by atoms with van der Waals surface area (Å²) in [7, 11) is 0. The number of hydrogen-bond donors (Lipinski definition) is 1. The number of aromatic nitrogens is 1. The van der Waals surface area contributed by atoms with Gasteiger partial charge in [-0.05, 0) is 62.3 Å². The molecule has 0 radical (unpaired) electrons. The van der Waals surface area contributed by atoms with Crippen molar-refractivity contribution < 1.29 is 4.79 Å². The van der Waals surface area contributed by atoms with Crippen molar-refractivity contribution in [1.29, 1.82) is 0 Å². The second kappa shape index (κ2) is 7.95. The molecule has 5 heteroatoms. The van der Waals surface area contributed by atoms with Gasteiger partial charge in [0.15, 0.2) is 0 Å². The minimum Gasteiger partial charge on any atom is -0.338 e. The molecule has 3 heterocycles. The van der Waals surface area contributed by atoms with Crippen LogP contribution in [0.3, 0.4) is 0 Å². The summed E-state index contributed by atoms with van der Waals surface area (Å²) in [6, 6.07) is 12.9. The maximum absolute atomic E-state index is 13.4. The van der Waals surface area contributed by atoms with E-state index in [9.17, 15) is 4.79 Å². The van der Waals surface area contributed by atoms with Crippen LogP contribution < -0.4 is 5.32 Å². The number of nitrogens with zero attached hydrogens (tertiary/aromatic N) is 2. The van der Waals surface area contributed by atoms with Crippen LogP contribution in [0.25, 0.3) is 5.00 Å². The van der Waals surface area contributed by atoms with E-state index >= 15 is 0 Å². The molecule has 0 spiro atoms. The van der Waals surface area contributed by atoms with Crippen LogP contribution in [0.5, 0.6) is 0 Å². The third kappa shape index (κ3) is 3.25. The standard InChI is InChI=1S/C25H29N3OS/c1-3-14-26-25(29)28-16-20-19-7-4-5-9-22(19)30-24(20)27-15-6-8-21(27)23(28)18-12-10-17(2)11-13-18/h6,8,10-13,15,23H,3-5,7,9,14,16H2,1-2H3,(H,26,29)/t23-/m0/s1. The maximum Gasteiger partial charge on any atom is 0.318 e. The quantitative estimate of drug-likeness (QED) is 0.577. The number of hydrogen-bond acceptors (Lipinski definition) is 2. The number of rotatable bonds is 3. The summed E-state index contributed by atoms with van der Waals surface area (Å²) in [5.74, 6) is 0. The Balaban J connectivity index is 1.67. The highest BCUT2D eigenvalue weighted by molar-refractivity contribution is 7.15. The second-order valence-corrected chi connectivity index (χ2v) is 9.55. The molecule has 2 aromatic heterocycles. The van der Waals surface area contributed by atoms with Gasteiger partial charge in [-0.25, -0.2) is 4.79 Å². The highest BCUT2D eigenvalue weighted by Gasteiger charge is 2.35. The van der Waals surface area contributed by atoms with Crippen molar-refractivity contribution in [1.82, 2.24) is 14.8 Å². The molecule has 1 aromatic carbocycles. The molecule has 0 unspecified atom stereocenters. The molecular formula is C25H29N3OS. The molecule has 1 N–H and O–H groups in total. The Morgan fingerprint density at radius 3 is 2.73 bits per heavy atom. The van der Waals surface area contributed by atoms with Crippen molar-refractivity contribution in [2.75, 3.05) is 6.54 Å². The highest BCUT2D eigenvalue weighted by Crippen LogP contribution is 2.43. The smallest absolute Gasteiger partial charge is 0.318 e. The molecule has 1 atom stereocenters. The van der Waals surface area contributed by atoms with Crippen molar-refractivity contribution in [3.63, 3.8) is 0 Å². The highest BCUT2D eigenvalue weighted by atomic mass is 32.1. The molecule has 5 rings (SSSR count). The fraction of sp³-hybridized carbons (Fsp3) is 0.400. The fourth-order valence-electron chi connectivity index (χ4n) is 4.82. The fourth-order valence-corrected chi connectivity index (χ4v) is 6.22. The zero-order chi connectivity index (χ0) is 20.7. The van der Waals surface area contributed by atoms with E-state index in [1.165, 1.54) is 51.5 Å². The number of benzene rings is 1. The zero-order valence-electron chi connectivity index (χ0n) is 17.8. The molecule has 0 saturated heterocycles. The Kier molecular flexibility index (Phi) is 5.15. The Bertz CT molecular complexity index is 1060. The minimum absolute atomic E-state index is 0.0267. The Morgan fingerprint density at radius 1 is 1.13 bits per heavy atom. The van der Waals surface area contributed by atoms with Crippen LogP contribution in [0.2, 0.25) is 0 Å². The third-order valence-electron chi connectivity index (χ3n) is 6.36. The molecule has 156 valence electrons. The van der Waals surface area contributed by atoms with Gasteiger partial charge in [0.2, 0.25) is 0 Å². The lowest BCUT2D eigenvalue weighted by Crippen LogP contribution is -2.42. The van der Waals surface area contributed by atoms with Crippen molar-refractivity contribution in [2.45, 2.75) is 58.5 Å². The molecular weight excluding hydrogens is 390 g/mol. The molecule has 3 aromatic rings. The van der Waals surface area contributed by atoms with Gasteiger partial charge in [-0.15, -0.1) is 11.3 Å². The van der Waals surface area contributed by atoms with Gasteiger partial charge in [-0.3, -0.25) is 0 Å². The summed E-state index contributed by atoms with van der Waals surface area (Å²) in [5.41, 5.74) is 6.42. The summed E-state index contributed by atoms with van der Waals surface area (Å²) in [5, 5.41) is 4.46. The van der Waals surface area contributed by atoms with Crippen LogP contribution in [0.4, 0.5) is 4.79 Å². The van der Waals surface area contributed by atoms with Crippen LogP contribution in [-0.4, -0.2) is 22.0 Å². The molecule has 1 aliphatic heterocycles. The first kappa shape index (κ1) is 19.4. The van der Waals surface area contributed by atoms with E-state index < -0.39 is 0 Å². The number of urea groups is 1. The summed E-state index contributed by atoms with van der Waals surface area (Å²) >= 11 is 1.93. The first-order chi connectivity index (χ1) is 14.7. The second-order valence-electron chi connectivity index (χ2n) is 8.47. The molecule has 2 aliphatic rings. The van der Waals surface area contributed by atoms with E-state index in [0.717, 1.165) is 18.4 Å². The SMILES string of the molecule is CCCNC(=O)N1Cc2c(sc3c2CCCC3)-n2cccc2[C@@H]1c1ccc(C)cc1. The predicted octanol–water partition coefficient (Wildman–Crippen LogP) is 5.75. The van der Waals surface area contributed by atoms with Gasteiger partial charge >= 0.3 is 6.03 Å². The van der Waals surface area contributed by atoms with Crippen LogP contribution in [0.15, 0.2) is 42.6 Å². The number of carbonyl (C=O) groups excluding carboxylic acids is 1. The monoisotopic (exact) mass is 419 g/mol. The zero-order valence-corrected chi connectivity index (χ0v) is 18.6. The molecule has 2 amide bonds. The number of aryl methyl sites for hydroxylation is 2. The first-order valence-corrected chi connectivity index (χ1v) is 11.9. The maximum atomic E-state index is 13.4. The predicted molar refractivity (Wildman–Crippen MR) is 123 cm³/mol. The van der Waals surface area contributed by atoms with Gasteiger partial charge in [0, 0.05) is 23.2 Å². The first-order valence-electron chi connectivity index (χ1n) is 11.1. The van der Waals surface area contributed by atoms with Crippen LogP contribution in [0.1, 0.15) is 65.1 Å². The largest absolute Gasteiger partial charge is 0.338 e. The van der Waals surface area contributed by atoms with Crippen LogP contribution in [0, 0.1) is 6.92 Å². The number of thiophene rings is 1. The lowest BCUT2D eigenvalue weighted by molar-refractivity contribution is 0.180. The molecule has 0 fully saturated rings. The van der Waals surface area contributed by atoms with Gasteiger partial charge < -0.3 is 14.8 Å². The molecule has 1 aliphatic carbocycles. The summed E-state index contributed by atoms with van der Waals surface area (Å²) in [6.45, 7) is 5.57. The van der Waals surface area contributed by atoms with Crippen molar-refractivity contribution >= 4 is 17.4 Å². The Labute approximate surface area is 182 Å². The van der Waals surface area contributed by atoms with Gasteiger partial charge in [-0.1, -0.05) is 36.8 Å². The Hall–Kier alpha value is -2.53. The molecule has 0 bridgehead atoms. The van der Waals surface area contributed by atoms with Crippen molar-refractivity contribution in [2.24, 2.45) is 0 Å². The van der Waals surface area contributed by atoms with Crippen LogP contribution in [-0.2, 0) is 19.4 Å². The van der Waals surface area contributed by atoms with E-state index in [2.05, 4.69) is 71.2 Å². The van der Waals surface area contributed by atoms with Crippen LogP contribution >= 0.6 is 11.3 Å².